The summed E-state index contributed by atoms with van der Waals surface area (Å²) in [6, 6.07) is 6.72. The molecular weight excluding hydrogens is 350 g/mol. The van der Waals surface area contributed by atoms with Gasteiger partial charge in [-0.3, -0.25) is 4.79 Å². The second-order valence-corrected chi connectivity index (χ2v) is 8.25. The van der Waals surface area contributed by atoms with Crippen molar-refractivity contribution in [1.82, 2.24) is 9.55 Å². The lowest BCUT2D eigenvalue weighted by Crippen LogP contribution is -2.31. The van der Waals surface area contributed by atoms with Crippen LogP contribution in [0.15, 0.2) is 29.6 Å². The smallest absolute Gasteiger partial charge is 0.315 e. The van der Waals surface area contributed by atoms with Crippen molar-refractivity contribution in [3.8, 4) is 5.75 Å². The molecule has 5 heteroatoms. The molecule has 150 valence electrons. The molecule has 2 aromatic rings. The average Bonchev–Trinajstić information content (AvgIpc) is 3.08. The Hall–Kier alpha value is -2.56. The first kappa shape index (κ1) is 20.2. The van der Waals surface area contributed by atoms with E-state index in [1.54, 1.807) is 0 Å². The molecule has 1 aliphatic carbocycles. The van der Waals surface area contributed by atoms with Gasteiger partial charge in [-0.15, -0.1) is 0 Å². The zero-order chi connectivity index (χ0) is 20.5. The lowest BCUT2D eigenvalue weighted by atomic mass is 9.75. The minimum Gasteiger partial charge on any atom is -0.501 e. The zero-order valence-corrected chi connectivity index (χ0v) is 17.2. The molecule has 0 unspecified atom stereocenters. The van der Waals surface area contributed by atoms with E-state index in [-0.39, 0.29) is 11.1 Å². The third-order valence-corrected chi connectivity index (χ3v) is 5.88. The number of aromatic hydroxyl groups is 1. The monoisotopic (exact) mass is 381 g/mol. The van der Waals surface area contributed by atoms with Gasteiger partial charge in [0.1, 0.15) is 11.5 Å². The lowest BCUT2D eigenvalue weighted by Gasteiger charge is -2.32. The van der Waals surface area contributed by atoms with E-state index in [9.17, 15) is 9.90 Å². The van der Waals surface area contributed by atoms with Crippen LogP contribution in [0, 0.1) is 13.8 Å². The summed E-state index contributed by atoms with van der Waals surface area (Å²) in [5, 5.41) is 10.3. The molecule has 0 amide bonds. The Bertz CT molecular complexity index is 933. The third-order valence-electron chi connectivity index (χ3n) is 5.88. The molecule has 1 fully saturated rings. The first-order valence-corrected chi connectivity index (χ1v) is 10.1. The van der Waals surface area contributed by atoms with E-state index in [2.05, 4.69) is 50.5 Å². The Morgan fingerprint density at radius 1 is 1.25 bits per heavy atom. The van der Waals surface area contributed by atoms with Crippen molar-refractivity contribution >= 4 is 5.70 Å². The van der Waals surface area contributed by atoms with Crippen LogP contribution < -0.4 is 11.3 Å². The summed E-state index contributed by atoms with van der Waals surface area (Å²) in [4.78, 5) is 16.6. The van der Waals surface area contributed by atoms with Gasteiger partial charge >= 0.3 is 5.56 Å². The molecular formula is C23H31N3O2. The summed E-state index contributed by atoms with van der Waals surface area (Å²) in [6.45, 7) is 10.7. The normalized spacial score (nSPS) is 15.7. The number of aromatic nitrogens is 2. The van der Waals surface area contributed by atoms with Crippen LogP contribution in [-0.2, 0) is 18.4 Å². The molecule has 0 saturated heterocycles. The van der Waals surface area contributed by atoms with Crippen molar-refractivity contribution in [2.45, 2.75) is 71.3 Å². The minimum absolute atomic E-state index is 0.0457. The van der Waals surface area contributed by atoms with E-state index >= 15 is 0 Å². The van der Waals surface area contributed by atoms with Gasteiger partial charge in [0, 0.05) is 18.4 Å². The molecule has 0 spiro atoms. The number of nitrogens with zero attached hydrogens (tertiary/aromatic N) is 2. The van der Waals surface area contributed by atoms with E-state index in [0.717, 1.165) is 19.3 Å². The summed E-state index contributed by atoms with van der Waals surface area (Å²) < 4.78 is 1.89. The number of benzene rings is 1. The molecule has 1 saturated carbocycles. The summed E-state index contributed by atoms with van der Waals surface area (Å²) in [5.74, 6) is 0.281. The van der Waals surface area contributed by atoms with Gasteiger partial charge in [-0.1, -0.05) is 55.7 Å². The predicted octanol–water partition coefficient (Wildman–Crippen LogP) is 3.96. The fourth-order valence-electron chi connectivity index (χ4n) is 4.72. The van der Waals surface area contributed by atoms with Crippen molar-refractivity contribution in [1.29, 1.82) is 0 Å². The van der Waals surface area contributed by atoms with Gasteiger partial charge in [0.05, 0.1) is 5.70 Å². The van der Waals surface area contributed by atoms with Crippen LogP contribution in [-0.4, -0.2) is 14.7 Å². The van der Waals surface area contributed by atoms with Crippen molar-refractivity contribution in [3.05, 3.63) is 63.3 Å². The number of hydrogen-bond donors (Lipinski definition) is 2. The maximum Gasteiger partial charge on any atom is 0.315 e. The van der Waals surface area contributed by atoms with Gasteiger partial charge in [0.25, 0.3) is 0 Å². The number of rotatable bonds is 6. The molecule has 1 heterocycles. The molecule has 0 aliphatic heterocycles. The number of aryl methyl sites for hydroxylation is 2. The Labute approximate surface area is 166 Å². The standard InChI is InChI=1S/C23H31N3O2/c1-5-10-26-19(25-22(28)21(27)20(26)17(4)24)14-23(8-6-7-9-23)18-12-15(2)11-16(3)13-18/h11-13,27H,4-10,14,24H2,1-3H3. The van der Waals surface area contributed by atoms with Gasteiger partial charge in [-0.05, 0) is 38.7 Å². The van der Waals surface area contributed by atoms with Crippen LogP contribution in [0.2, 0.25) is 0 Å². The van der Waals surface area contributed by atoms with Crippen LogP contribution in [0.3, 0.4) is 0 Å². The van der Waals surface area contributed by atoms with E-state index < -0.39 is 11.3 Å². The highest BCUT2D eigenvalue weighted by molar-refractivity contribution is 5.62. The van der Waals surface area contributed by atoms with Gasteiger partial charge in [-0.2, -0.15) is 4.98 Å². The molecule has 1 aromatic carbocycles. The largest absolute Gasteiger partial charge is 0.501 e. The highest BCUT2D eigenvalue weighted by atomic mass is 16.3. The molecule has 0 bridgehead atoms. The molecule has 0 radical (unpaired) electrons. The topological polar surface area (TPSA) is 81.1 Å². The quantitative estimate of drug-likeness (QED) is 0.793. The van der Waals surface area contributed by atoms with Gasteiger partial charge in [0.15, 0.2) is 0 Å². The summed E-state index contributed by atoms with van der Waals surface area (Å²) in [7, 11) is 0. The van der Waals surface area contributed by atoms with Gasteiger partial charge in [0.2, 0.25) is 5.75 Å². The number of hydrogen-bond acceptors (Lipinski definition) is 4. The van der Waals surface area contributed by atoms with E-state index in [4.69, 9.17) is 5.73 Å². The summed E-state index contributed by atoms with van der Waals surface area (Å²) in [5.41, 5.74) is 9.59. The van der Waals surface area contributed by atoms with E-state index in [1.165, 1.54) is 29.5 Å². The SMILES string of the molecule is C=C(N)c1c(O)c(=O)nc(CC2(c3cc(C)cc(C)c3)CCCC2)n1CCC. The first-order chi connectivity index (χ1) is 13.3. The minimum atomic E-state index is -0.627. The van der Waals surface area contributed by atoms with Crippen molar-refractivity contribution in [2.24, 2.45) is 5.73 Å². The summed E-state index contributed by atoms with van der Waals surface area (Å²) >= 11 is 0. The first-order valence-electron chi connectivity index (χ1n) is 10.1. The molecule has 28 heavy (non-hydrogen) atoms. The average molecular weight is 382 g/mol. The fourth-order valence-corrected chi connectivity index (χ4v) is 4.72. The highest BCUT2D eigenvalue weighted by Crippen LogP contribution is 2.44. The molecule has 1 aliphatic rings. The number of nitrogens with two attached hydrogens (primary N) is 1. The maximum atomic E-state index is 12.4. The van der Waals surface area contributed by atoms with Crippen LogP contribution in [0.5, 0.6) is 5.75 Å². The van der Waals surface area contributed by atoms with Crippen LogP contribution >= 0.6 is 0 Å². The maximum absolute atomic E-state index is 12.4. The Balaban J connectivity index is 2.17. The summed E-state index contributed by atoms with van der Waals surface area (Å²) in [6.07, 6.45) is 5.97. The van der Waals surface area contributed by atoms with Crippen molar-refractivity contribution in [2.75, 3.05) is 0 Å². The third kappa shape index (κ3) is 3.71. The fraction of sp³-hybridized carbons (Fsp3) is 0.478. The molecule has 3 N–H and O–H groups in total. The highest BCUT2D eigenvalue weighted by Gasteiger charge is 2.37. The predicted molar refractivity (Wildman–Crippen MR) is 113 cm³/mol. The molecule has 1 aromatic heterocycles. The molecule has 3 rings (SSSR count). The van der Waals surface area contributed by atoms with E-state index in [1.807, 2.05) is 4.57 Å². The van der Waals surface area contributed by atoms with Gasteiger partial charge < -0.3 is 15.4 Å². The van der Waals surface area contributed by atoms with Crippen LogP contribution in [0.25, 0.3) is 5.70 Å². The molecule has 0 atom stereocenters. The van der Waals surface area contributed by atoms with Crippen molar-refractivity contribution < 1.29 is 5.11 Å². The molecule has 5 nitrogen and oxygen atoms in total. The zero-order valence-electron chi connectivity index (χ0n) is 17.2. The van der Waals surface area contributed by atoms with Crippen molar-refractivity contribution in [3.63, 3.8) is 0 Å². The Morgan fingerprint density at radius 3 is 2.39 bits per heavy atom. The Morgan fingerprint density at radius 2 is 1.86 bits per heavy atom. The lowest BCUT2D eigenvalue weighted by molar-refractivity contribution is 0.400. The second-order valence-electron chi connectivity index (χ2n) is 8.25. The Kier molecular flexibility index (Phi) is 5.64. The van der Waals surface area contributed by atoms with E-state index in [0.29, 0.717) is 24.5 Å². The van der Waals surface area contributed by atoms with Crippen LogP contribution in [0.1, 0.15) is 67.2 Å². The second kappa shape index (κ2) is 7.82. The van der Waals surface area contributed by atoms with Gasteiger partial charge in [-0.25, -0.2) is 0 Å². The van der Waals surface area contributed by atoms with Crippen LogP contribution in [0.4, 0.5) is 0 Å².